The number of hydrogen-bond acceptors (Lipinski definition) is 5. The predicted molar refractivity (Wildman–Crippen MR) is 92.4 cm³/mol. The third kappa shape index (κ3) is 5.37. The minimum Gasteiger partial charge on any atom is -0.468 e. The molecule has 1 saturated heterocycles. The number of piperazine rings is 1. The summed E-state index contributed by atoms with van der Waals surface area (Å²) in [6.45, 7) is 6.90. The highest BCUT2D eigenvalue weighted by Crippen LogP contribution is 2.24. The Bertz CT molecular complexity index is 598. The van der Waals surface area contributed by atoms with E-state index in [4.69, 9.17) is 4.74 Å². The number of amides is 1. The van der Waals surface area contributed by atoms with Crippen LogP contribution in [0.1, 0.15) is 11.6 Å². The van der Waals surface area contributed by atoms with Crippen molar-refractivity contribution in [1.82, 2.24) is 15.1 Å². The Balaban J connectivity index is 1.97. The SMILES string of the molecule is C=CCNC(=O)CN1CCN(C(C(=O)OC)c2ccc(F)cc2)CC1. The molecule has 0 aromatic heterocycles. The predicted octanol–water partition coefficient (Wildman–Crippen LogP) is 0.960. The lowest BCUT2D eigenvalue weighted by atomic mass is 10.0. The largest absolute Gasteiger partial charge is 0.468 e. The van der Waals surface area contributed by atoms with Crippen molar-refractivity contribution < 1.29 is 18.7 Å². The second-order valence-corrected chi connectivity index (χ2v) is 5.88. The first-order chi connectivity index (χ1) is 12.0. The van der Waals surface area contributed by atoms with E-state index in [0.29, 0.717) is 44.8 Å². The van der Waals surface area contributed by atoms with Crippen molar-refractivity contribution >= 4 is 11.9 Å². The summed E-state index contributed by atoms with van der Waals surface area (Å²) in [6.07, 6.45) is 1.64. The summed E-state index contributed by atoms with van der Waals surface area (Å²) in [6, 6.07) is 5.32. The van der Waals surface area contributed by atoms with Crippen molar-refractivity contribution in [2.75, 3.05) is 46.4 Å². The maximum Gasteiger partial charge on any atom is 0.327 e. The average molecular weight is 349 g/mol. The molecule has 1 unspecified atom stereocenters. The fourth-order valence-corrected chi connectivity index (χ4v) is 2.88. The van der Waals surface area contributed by atoms with Crippen molar-refractivity contribution in [3.05, 3.63) is 48.3 Å². The number of ether oxygens (including phenoxy) is 1. The zero-order chi connectivity index (χ0) is 18.2. The van der Waals surface area contributed by atoms with Crippen LogP contribution in [-0.2, 0) is 14.3 Å². The minimum absolute atomic E-state index is 0.0450. The molecule has 0 saturated carbocycles. The quantitative estimate of drug-likeness (QED) is 0.587. The van der Waals surface area contributed by atoms with Gasteiger partial charge >= 0.3 is 5.97 Å². The summed E-state index contributed by atoms with van der Waals surface area (Å²) in [7, 11) is 1.35. The standard InChI is InChI=1S/C18H24FN3O3/c1-3-8-20-16(23)13-21-9-11-22(12-10-21)17(18(24)25-2)14-4-6-15(19)7-5-14/h3-7,17H,1,8-13H2,2H3,(H,20,23). The lowest BCUT2D eigenvalue weighted by molar-refractivity contribution is -0.148. The Morgan fingerprint density at radius 1 is 1.28 bits per heavy atom. The second kappa shape index (κ2) is 9.29. The number of methoxy groups -OCH3 is 1. The number of halogens is 1. The molecule has 25 heavy (non-hydrogen) atoms. The number of esters is 1. The fraction of sp³-hybridized carbons (Fsp3) is 0.444. The van der Waals surface area contributed by atoms with E-state index in [9.17, 15) is 14.0 Å². The highest BCUT2D eigenvalue weighted by Gasteiger charge is 2.31. The molecule has 1 amide bonds. The van der Waals surface area contributed by atoms with Gasteiger partial charge in [0.25, 0.3) is 0 Å². The molecule has 6 nitrogen and oxygen atoms in total. The van der Waals surface area contributed by atoms with Gasteiger partial charge in [0.15, 0.2) is 0 Å². The molecule has 136 valence electrons. The van der Waals surface area contributed by atoms with E-state index in [-0.39, 0.29) is 17.7 Å². The Hall–Kier alpha value is -2.25. The second-order valence-electron chi connectivity index (χ2n) is 5.88. The molecule has 0 bridgehead atoms. The van der Waals surface area contributed by atoms with E-state index in [2.05, 4.69) is 11.9 Å². The molecule has 1 fully saturated rings. The first kappa shape index (κ1) is 19.1. The molecule has 1 N–H and O–H groups in total. The molecule has 0 spiro atoms. The number of hydrogen-bond donors (Lipinski definition) is 1. The van der Waals surface area contributed by atoms with E-state index in [1.807, 2.05) is 9.80 Å². The average Bonchev–Trinajstić information content (AvgIpc) is 2.63. The summed E-state index contributed by atoms with van der Waals surface area (Å²) in [4.78, 5) is 28.0. The summed E-state index contributed by atoms with van der Waals surface area (Å²) in [5.74, 6) is -0.761. The van der Waals surface area contributed by atoms with Gasteiger partial charge < -0.3 is 10.1 Å². The molecule has 0 radical (unpaired) electrons. The zero-order valence-corrected chi connectivity index (χ0v) is 14.4. The number of nitrogens with one attached hydrogen (secondary N) is 1. The maximum absolute atomic E-state index is 13.2. The Kier molecular flexibility index (Phi) is 7.09. The molecule has 1 aromatic carbocycles. The van der Waals surface area contributed by atoms with Crippen LogP contribution in [0.25, 0.3) is 0 Å². The first-order valence-corrected chi connectivity index (χ1v) is 8.22. The normalized spacial score (nSPS) is 16.9. The van der Waals surface area contributed by atoms with Crippen LogP contribution in [0, 0.1) is 5.82 Å². The van der Waals surface area contributed by atoms with Crippen LogP contribution in [-0.4, -0.2) is 68.1 Å². The maximum atomic E-state index is 13.2. The van der Waals surface area contributed by atoms with Crippen LogP contribution in [0.2, 0.25) is 0 Å². The van der Waals surface area contributed by atoms with Gasteiger partial charge in [-0.3, -0.25) is 14.6 Å². The van der Waals surface area contributed by atoms with Gasteiger partial charge in [0.2, 0.25) is 5.91 Å². The number of carbonyl (C=O) groups excluding carboxylic acids is 2. The summed E-state index contributed by atoms with van der Waals surface area (Å²) in [5.41, 5.74) is 0.699. The van der Waals surface area contributed by atoms with Crippen LogP contribution in [0.4, 0.5) is 4.39 Å². The van der Waals surface area contributed by atoms with E-state index in [1.165, 1.54) is 19.2 Å². The molecule has 7 heteroatoms. The van der Waals surface area contributed by atoms with Crippen LogP contribution < -0.4 is 5.32 Å². The Morgan fingerprint density at radius 3 is 2.48 bits per heavy atom. The number of nitrogens with zero attached hydrogens (tertiary/aromatic N) is 2. The van der Waals surface area contributed by atoms with E-state index < -0.39 is 6.04 Å². The number of benzene rings is 1. The lowest BCUT2D eigenvalue weighted by Crippen LogP contribution is -2.51. The zero-order valence-electron chi connectivity index (χ0n) is 14.4. The monoisotopic (exact) mass is 349 g/mol. The van der Waals surface area contributed by atoms with Crippen molar-refractivity contribution in [3.8, 4) is 0 Å². The van der Waals surface area contributed by atoms with Crippen molar-refractivity contribution in [2.45, 2.75) is 6.04 Å². The van der Waals surface area contributed by atoms with Crippen molar-refractivity contribution in [2.24, 2.45) is 0 Å². The molecule has 0 aliphatic carbocycles. The third-order valence-electron chi connectivity index (χ3n) is 4.19. The highest BCUT2D eigenvalue weighted by atomic mass is 19.1. The van der Waals surface area contributed by atoms with Gasteiger partial charge in [-0.25, -0.2) is 9.18 Å². The van der Waals surface area contributed by atoms with Crippen LogP contribution >= 0.6 is 0 Å². The number of rotatable bonds is 7. The van der Waals surface area contributed by atoms with Gasteiger partial charge in [-0.1, -0.05) is 18.2 Å². The Labute approximate surface area is 147 Å². The van der Waals surface area contributed by atoms with Crippen LogP contribution in [0.3, 0.4) is 0 Å². The topological polar surface area (TPSA) is 61.9 Å². The molecule has 1 aliphatic rings. The van der Waals surface area contributed by atoms with Gasteiger partial charge in [-0.2, -0.15) is 0 Å². The molecule has 1 aromatic rings. The third-order valence-corrected chi connectivity index (χ3v) is 4.19. The fourth-order valence-electron chi connectivity index (χ4n) is 2.88. The van der Waals surface area contributed by atoms with E-state index >= 15 is 0 Å². The van der Waals surface area contributed by atoms with Crippen LogP contribution in [0.5, 0.6) is 0 Å². The van der Waals surface area contributed by atoms with Gasteiger partial charge in [0.05, 0.1) is 13.7 Å². The number of carbonyl (C=O) groups is 2. The molecule has 2 rings (SSSR count). The molecule has 1 atom stereocenters. The van der Waals surface area contributed by atoms with E-state index in [1.54, 1.807) is 18.2 Å². The van der Waals surface area contributed by atoms with Crippen molar-refractivity contribution in [1.29, 1.82) is 0 Å². The smallest absolute Gasteiger partial charge is 0.327 e. The molecular formula is C18H24FN3O3. The van der Waals surface area contributed by atoms with E-state index in [0.717, 1.165) is 0 Å². The van der Waals surface area contributed by atoms with Crippen molar-refractivity contribution in [3.63, 3.8) is 0 Å². The molecular weight excluding hydrogens is 325 g/mol. The van der Waals surface area contributed by atoms with Gasteiger partial charge in [0.1, 0.15) is 11.9 Å². The van der Waals surface area contributed by atoms with Gasteiger partial charge in [-0.05, 0) is 17.7 Å². The summed E-state index contributed by atoms with van der Waals surface area (Å²) >= 11 is 0. The molecule has 1 aliphatic heterocycles. The van der Waals surface area contributed by atoms with Crippen LogP contribution in [0.15, 0.2) is 36.9 Å². The summed E-state index contributed by atoms with van der Waals surface area (Å²) in [5, 5.41) is 2.75. The van der Waals surface area contributed by atoms with Gasteiger partial charge in [-0.15, -0.1) is 6.58 Å². The first-order valence-electron chi connectivity index (χ1n) is 8.22. The van der Waals surface area contributed by atoms with Gasteiger partial charge in [0, 0.05) is 32.7 Å². The molecule has 1 heterocycles. The Morgan fingerprint density at radius 2 is 1.92 bits per heavy atom. The highest BCUT2D eigenvalue weighted by molar-refractivity contribution is 5.78. The summed E-state index contributed by atoms with van der Waals surface area (Å²) < 4.78 is 18.1. The lowest BCUT2D eigenvalue weighted by Gasteiger charge is -2.37. The minimum atomic E-state index is -0.567.